The Morgan fingerprint density at radius 1 is 1.42 bits per heavy atom. The van der Waals surface area contributed by atoms with E-state index in [4.69, 9.17) is 0 Å². The van der Waals surface area contributed by atoms with E-state index in [1.807, 2.05) is 0 Å². The second-order valence-corrected chi connectivity index (χ2v) is 4.70. The Morgan fingerprint density at radius 3 is 2.50 bits per heavy atom. The summed E-state index contributed by atoms with van der Waals surface area (Å²) in [6, 6.07) is 0. The SMILES string of the molecule is CCC1CC1CC1(C=O)CCC1. The van der Waals surface area contributed by atoms with Crippen LogP contribution in [0.2, 0.25) is 0 Å². The van der Waals surface area contributed by atoms with Crippen LogP contribution in [0.15, 0.2) is 0 Å². The number of hydrogen-bond donors (Lipinski definition) is 0. The van der Waals surface area contributed by atoms with Gasteiger partial charge in [-0.05, 0) is 37.5 Å². The van der Waals surface area contributed by atoms with Crippen LogP contribution in [0.25, 0.3) is 0 Å². The van der Waals surface area contributed by atoms with Gasteiger partial charge < -0.3 is 4.79 Å². The largest absolute Gasteiger partial charge is 0.303 e. The van der Waals surface area contributed by atoms with Gasteiger partial charge in [-0.2, -0.15) is 0 Å². The lowest BCUT2D eigenvalue weighted by molar-refractivity contribution is -0.121. The summed E-state index contributed by atoms with van der Waals surface area (Å²) in [4.78, 5) is 10.9. The third kappa shape index (κ3) is 1.30. The van der Waals surface area contributed by atoms with Crippen LogP contribution < -0.4 is 0 Å². The van der Waals surface area contributed by atoms with Crippen molar-refractivity contribution in [1.82, 2.24) is 0 Å². The van der Waals surface area contributed by atoms with Crippen molar-refractivity contribution in [2.24, 2.45) is 17.3 Å². The molecule has 0 heterocycles. The second-order valence-electron chi connectivity index (χ2n) is 4.70. The lowest BCUT2D eigenvalue weighted by Crippen LogP contribution is -2.31. The first kappa shape index (κ1) is 8.28. The van der Waals surface area contributed by atoms with Crippen molar-refractivity contribution in [2.45, 2.75) is 45.4 Å². The monoisotopic (exact) mass is 166 g/mol. The van der Waals surface area contributed by atoms with Gasteiger partial charge in [-0.25, -0.2) is 0 Å². The fourth-order valence-corrected chi connectivity index (χ4v) is 2.58. The van der Waals surface area contributed by atoms with Crippen molar-refractivity contribution in [2.75, 3.05) is 0 Å². The fraction of sp³-hybridized carbons (Fsp3) is 0.909. The number of carbonyl (C=O) groups excluding carboxylic acids is 1. The van der Waals surface area contributed by atoms with Crippen LogP contribution in [0.5, 0.6) is 0 Å². The third-order valence-corrected chi connectivity index (χ3v) is 3.86. The molecule has 2 aliphatic rings. The van der Waals surface area contributed by atoms with Crippen molar-refractivity contribution < 1.29 is 4.79 Å². The van der Waals surface area contributed by atoms with Crippen LogP contribution in [-0.2, 0) is 4.79 Å². The molecule has 0 saturated heterocycles. The summed E-state index contributed by atoms with van der Waals surface area (Å²) < 4.78 is 0. The molecule has 0 radical (unpaired) electrons. The standard InChI is InChI=1S/C11H18O/c1-2-9-6-10(9)7-11(8-12)4-3-5-11/h8-10H,2-7H2,1H3. The maximum Gasteiger partial charge on any atom is 0.126 e. The molecule has 2 aliphatic carbocycles. The summed E-state index contributed by atoms with van der Waals surface area (Å²) in [5.74, 6) is 1.86. The molecule has 0 aromatic carbocycles. The van der Waals surface area contributed by atoms with Crippen LogP contribution in [-0.4, -0.2) is 6.29 Å². The van der Waals surface area contributed by atoms with Gasteiger partial charge >= 0.3 is 0 Å². The van der Waals surface area contributed by atoms with Crippen molar-refractivity contribution in [1.29, 1.82) is 0 Å². The molecule has 0 aromatic rings. The van der Waals surface area contributed by atoms with Gasteiger partial charge in [0.1, 0.15) is 6.29 Å². The van der Waals surface area contributed by atoms with Gasteiger partial charge in [-0.15, -0.1) is 0 Å². The van der Waals surface area contributed by atoms with Gasteiger partial charge in [0.15, 0.2) is 0 Å². The van der Waals surface area contributed by atoms with Gasteiger partial charge in [-0.1, -0.05) is 19.8 Å². The van der Waals surface area contributed by atoms with Crippen LogP contribution in [0.3, 0.4) is 0 Å². The summed E-state index contributed by atoms with van der Waals surface area (Å²) in [5.41, 5.74) is 0.147. The molecule has 12 heavy (non-hydrogen) atoms. The predicted octanol–water partition coefficient (Wildman–Crippen LogP) is 2.79. The molecule has 0 N–H and O–H groups in total. The highest BCUT2D eigenvalue weighted by atomic mass is 16.1. The normalized spacial score (nSPS) is 37.1. The number of hydrogen-bond acceptors (Lipinski definition) is 1. The highest BCUT2D eigenvalue weighted by Gasteiger charge is 2.45. The van der Waals surface area contributed by atoms with E-state index >= 15 is 0 Å². The molecular formula is C11H18O. The lowest BCUT2D eigenvalue weighted by atomic mass is 9.66. The van der Waals surface area contributed by atoms with E-state index in [9.17, 15) is 4.79 Å². The topological polar surface area (TPSA) is 17.1 Å². The molecule has 0 amide bonds. The minimum absolute atomic E-state index is 0.147. The maximum atomic E-state index is 10.9. The van der Waals surface area contributed by atoms with Crippen molar-refractivity contribution >= 4 is 6.29 Å². The quantitative estimate of drug-likeness (QED) is 0.587. The number of rotatable bonds is 4. The van der Waals surface area contributed by atoms with Crippen molar-refractivity contribution in [3.8, 4) is 0 Å². The summed E-state index contributed by atoms with van der Waals surface area (Å²) >= 11 is 0. The molecule has 2 saturated carbocycles. The van der Waals surface area contributed by atoms with Gasteiger partial charge in [0.25, 0.3) is 0 Å². The molecule has 68 valence electrons. The molecular weight excluding hydrogens is 148 g/mol. The third-order valence-electron chi connectivity index (χ3n) is 3.86. The molecule has 0 bridgehead atoms. The van der Waals surface area contributed by atoms with Gasteiger partial charge in [-0.3, -0.25) is 0 Å². The summed E-state index contributed by atoms with van der Waals surface area (Å²) in [6.07, 6.45) is 8.78. The summed E-state index contributed by atoms with van der Waals surface area (Å²) in [5, 5.41) is 0. The fourth-order valence-electron chi connectivity index (χ4n) is 2.58. The lowest BCUT2D eigenvalue weighted by Gasteiger charge is -2.36. The van der Waals surface area contributed by atoms with E-state index in [-0.39, 0.29) is 5.41 Å². The van der Waals surface area contributed by atoms with Gasteiger partial charge in [0.05, 0.1) is 0 Å². The van der Waals surface area contributed by atoms with Crippen LogP contribution >= 0.6 is 0 Å². The van der Waals surface area contributed by atoms with E-state index in [2.05, 4.69) is 6.92 Å². The predicted molar refractivity (Wildman–Crippen MR) is 48.9 cm³/mol. The van der Waals surface area contributed by atoms with Crippen LogP contribution in [0.1, 0.15) is 45.4 Å². The van der Waals surface area contributed by atoms with Gasteiger partial charge in [0, 0.05) is 5.41 Å². The van der Waals surface area contributed by atoms with E-state index in [0.717, 1.165) is 11.8 Å². The Morgan fingerprint density at radius 2 is 2.17 bits per heavy atom. The van der Waals surface area contributed by atoms with E-state index < -0.39 is 0 Å². The molecule has 2 rings (SSSR count). The Balaban J connectivity index is 1.82. The Hall–Kier alpha value is -0.330. The average Bonchev–Trinajstić information content (AvgIpc) is 2.75. The minimum Gasteiger partial charge on any atom is -0.303 e. The molecule has 0 aromatic heterocycles. The first-order valence-electron chi connectivity index (χ1n) is 5.26. The molecule has 1 nitrogen and oxygen atoms in total. The zero-order valence-electron chi connectivity index (χ0n) is 7.88. The van der Waals surface area contributed by atoms with Gasteiger partial charge in [0.2, 0.25) is 0 Å². The Bertz CT molecular complexity index is 181. The maximum absolute atomic E-state index is 10.9. The molecule has 1 heteroatoms. The van der Waals surface area contributed by atoms with Crippen LogP contribution in [0.4, 0.5) is 0 Å². The Labute approximate surface area is 74.5 Å². The zero-order chi connectivity index (χ0) is 8.60. The first-order chi connectivity index (χ1) is 5.79. The van der Waals surface area contributed by atoms with Crippen LogP contribution in [0, 0.1) is 17.3 Å². The molecule has 2 fully saturated rings. The minimum atomic E-state index is 0.147. The number of carbonyl (C=O) groups is 1. The Kier molecular flexibility index (Phi) is 1.97. The molecule has 0 aliphatic heterocycles. The summed E-state index contributed by atoms with van der Waals surface area (Å²) in [7, 11) is 0. The van der Waals surface area contributed by atoms with E-state index in [1.165, 1.54) is 44.8 Å². The molecule has 2 atom stereocenters. The highest BCUT2D eigenvalue weighted by Crippen LogP contribution is 2.53. The second kappa shape index (κ2) is 2.86. The van der Waals surface area contributed by atoms with Crippen molar-refractivity contribution in [3.63, 3.8) is 0 Å². The van der Waals surface area contributed by atoms with Crippen molar-refractivity contribution in [3.05, 3.63) is 0 Å². The number of aldehydes is 1. The van der Waals surface area contributed by atoms with E-state index in [1.54, 1.807) is 0 Å². The molecule has 2 unspecified atom stereocenters. The smallest absolute Gasteiger partial charge is 0.126 e. The van der Waals surface area contributed by atoms with E-state index in [0.29, 0.717) is 0 Å². The summed E-state index contributed by atoms with van der Waals surface area (Å²) in [6.45, 7) is 2.26. The zero-order valence-corrected chi connectivity index (χ0v) is 7.88. The molecule has 0 spiro atoms. The average molecular weight is 166 g/mol. The highest BCUT2D eigenvalue weighted by molar-refractivity contribution is 5.60. The first-order valence-corrected chi connectivity index (χ1v) is 5.26.